The van der Waals surface area contributed by atoms with Crippen molar-refractivity contribution in [1.29, 1.82) is 0 Å². The second kappa shape index (κ2) is 5.15. The number of carbonyl (C=O) groups is 1. The molecule has 2 aliphatic rings. The minimum Gasteiger partial charge on any atom is -0.394 e. The molecule has 1 spiro atoms. The van der Waals surface area contributed by atoms with Crippen molar-refractivity contribution in [3.05, 3.63) is 0 Å². The zero-order valence-electron chi connectivity index (χ0n) is 11.4. The third kappa shape index (κ3) is 2.39. The van der Waals surface area contributed by atoms with E-state index in [0.717, 1.165) is 26.2 Å². The molecule has 2 saturated heterocycles. The van der Waals surface area contributed by atoms with Crippen molar-refractivity contribution in [3.63, 3.8) is 0 Å². The number of aliphatic hydroxyl groups is 1. The van der Waals surface area contributed by atoms with E-state index in [-0.39, 0.29) is 12.1 Å². The van der Waals surface area contributed by atoms with Gasteiger partial charge in [-0.15, -0.1) is 0 Å². The number of aliphatic hydroxyl groups excluding tert-OH is 1. The maximum Gasteiger partial charge on any atom is 0.237 e. The first kappa shape index (κ1) is 13.8. The second-order valence-electron chi connectivity index (χ2n) is 6.17. The molecular formula is C13H25N3O2. The van der Waals surface area contributed by atoms with Crippen LogP contribution in [-0.4, -0.2) is 65.2 Å². The Morgan fingerprint density at radius 3 is 2.61 bits per heavy atom. The van der Waals surface area contributed by atoms with Crippen LogP contribution in [0.1, 0.15) is 26.7 Å². The standard InChI is InChI=1S/C13H25N3O2/c1-10(2)6-16-5-3-4-13(16)8-15(9-13)11(7-17)12(14)18/h10-11,17H,3-9H2,1-2H3,(H2,14,18)/t11-/m0/s1. The Labute approximate surface area is 109 Å². The molecular weight excluding hydrogens is 230 g/mol. The number of carbonyl (C=O) groups excluding carboxylic acids is 1. The number of nitrogens with two attached hydrogens (primary N) is 1. The number of hydrogen-bond acceptors (Lipinski definition) is 4. The van der Waals surface area contributed by atoms with Crippen LogP contribution in [0.15, 0.2) is 0 Å². The molecule has 0 aromatic heterocycles. The molecule has 0 aliphatic carbocycles. The van der Waals surface area contributed by atoms with Gasteiger partial charge in [0.15, 0.2) is 0 Å². The smallest absolute Gasteiger partial charge is 0.237 e. The van der Waals surface area contributed by atoms with Crippen LogP contribution >= 0.6 is 0 Å². The molecule has 0 saturated carbocycles. The monoisotopic (exact) mass is 255 g/mol. The Morgan fingerprint density at radius 2 is 2.11 bits per heavy atom. The molecule has 3 N–H and O–H groups in total. The molecule has 5 nitrogen and oxygen atoms in total. The van der Waals surface area contributed by atoms with Crippen LogP contribution in [0.3, 0.4) is 0 Å². The van der Waals surface area contributed by atoms with E-state index < -0.39 is 11.9 Å². The van der Waals surface area contributed by atoms with Crippen molar-refractivity contribution in [2.45, 2.75) is 38.3 Å². The average molecular weight is 255 g/mol. The summed E-state index contributed by atoms with van der Waals surface area (Å²) in [7, 11) is 0. The van der Waals surface area contributed by atoms with Gasteiger partial charge in [-0.1, -0.05) is 13.8 Å². The maximum atomic E-state index is 11.2. The van der Waals surface area contributed by atoms with Gasteiger partial charge in [-0.3, -0.25) is 14.6 Å². The molecule has 0 aromatic carbocycles. The third-order valence-corrected chi connectivity index (χ3v) is 4.26. The van der Waals surface area contributed by atoms with Crippen LogP contribution in [0.25, 0.3) is 0 Å². The van der Waals surface area contributed by atoms with Crippen LogP contribution < -0.4 is 5.73 Å². The fourth-order valence-electron chi connectivity index (χ4n) is 3.39. The summed E-state index contributed by atoms with van der Waals surface area (Å²) in [6.45, 7) is 8.32. The summed E-state index contributed by atoms with van der Waals surface area (Å²) in [4.78, 5) is 15.8. The van der Waals surface area contributed by atoms with E-state index in [0.29, 0.717) is 5.92 Å². The molecule has 2 aliphatic heterocycles. The highest BCUT2D eigenvalue weighted by Gasteiger charge is 2.52. The van der Waals surface area contributed by atoms with Gasteiger partial charge in [-0.05, 0) is 25.3 Å². The minimum absolute atomic E-state index is 0.171. The van der Waals surface area contributed by atoms with E-state index in [1.165, 1.54) is 12.8 Å². The number of likely N-dealkylation sites (tertiary alicyclic amines) is 2. The average Bonchev–Trinajstić information content (AvgIpc) is 2.60. The highest BCUT2D eigenvalue weighted by Crippen LogP contribution is 2.38. The van der Waals surface area contributed by atoms with Gasteiger partial charge < -0.3 is 10.8 Å². The van der Waals surface area contributed by atoms with Crippen molar-refractivity contribution < 1.29 is 9.90 Å². The molecule has 0 radical (unpaired) electrons. The van der Waals surface area contributed by atoms with Crippen molar-refractivity contribution in [1.82, 2.24) is 9.80 Å². The lowest BCUT2D eigenvalue weighted by Crippen LogP contribution is -2.72. The molecule has 1 atom stereocenters. The Balaban J connectivity index is 1.95. The number of nitrogens with zero attached hydrogens (tertiary/aromatic N) is 2. The second-order valence-corrected chi connectivity index (χ2v) is 6.17. The largest absolute Gasteiger partial charge is 0.394 e. The molecule has 2 fully saturated rings. The Kier molecular flexibility index (Phi) is 3.94. The summed E-state index contributed by atoms with van der Waals surface area (Å²) in [5.41, 5.74) is 5.55. The van der Waals surface area contributed by atoms with Crippen molar-refractivity contribution >= 4 is 5.91 Å². The van der Waals surface area contributed by atoms with Crippen LogP contribution in [0.2, 0.25) is 0 Å². The van der Waals surface area contributed by atoms with Gasteiger partial charge in [0.1, 0.15) is 6.04 Å². The Morgan fingerprint density at radius 1 is 1.44 bits per heavy atom. The minimum atomic E-state index is -0.503. The molecule has 18 heavy (non-hydrogen) atoms. The summed E-state index contributed by atoms with van der Waals surface area (Å²) >= 11 is 0. The maximum absolute atomic E-state index is 11.2. The topological polar surface area (TPSA) is 69.8 Å². The first-order chi connectivity index (χ1) is 8.48. The van der Waals surface area contributed by atoms with Crippen LogP contribution in [0.4, 0.5) is 0 Å². The van der Waals surface area contributed by atoms with Crippen LogP contribution in [-0.2, 0) is 4.79 Å². The molecule has 5 heteroatoms. The van der Waals surface area contributed by atoms with Gasteiger partial charge in [-0.25, -0.2) is 0 Å². The predicted octanol–water partition coefficient (Wildman–Crippen LogP) is -0.361. The van der Waals surface area contributed by atoms with Crippen LogP contribution in [0, 0.1) is 5.92 Å². The van der Waals surface area contributed by atoms with Gasteiger partial charge in [-0.2, -0.15) is 0 Å². The number of rotatable bonds is 5. The fourth-order valence-corrected chi connectivity index (χ4v) is 3.39. The van der Waals surface area contributed by atoms with Gasteiger partial charge in [0, 0.05) is 25.2 Å². The van der Waals surface area contributed by atoms with E-state index in [9.17, 15) is 9.90 Å². The molecule has 0 aromatic rings. The lowest BCUT2D eigenvalue weighted by molar-refractivity contribution is -0.133. The lowest BCUT2D eigenvalue weighted by atomic mass is 9.85. The Hall–Kier alpha value is -0.650. The number of amides is 1. The lowest BCUT2D eigenvalue weighted by Gasteiger charge is -2.55. The van der Waals surface area contributed by atoms with Gasteiger partial charge >= 0.3 is 0 Å². The third-order valence-electron chi connectivity index (χ3n) is 4.26. The molecule has 1 amide bonds. The first-order valence-corrected chi connectivity index (χ1v) is 6.88. The molecule has 104 valence electrons. The van der Waals surface area contributed by atoms with Gasteiger partial charge in [0.05, 0.1) is 6.61 Å². The highest BCUT2D eigenvalue weighted by molar-refractivity contribution is 5.80. The van der Waals surface area contributed by atoms with Crippen LogP contribution in [0.5, 0.6) is 0 Å². The summed E-state index contributed by atoms with van der Waals surface area (Å²) in [5, 5.41) is 9.22. The van der Waals surface area contributed by atoms with E-state index in [4.69, 9.17) is 5.73 Å². The summed E-state index contributed by atoms with van der Waals surface area (Å²) in [6, 6.07) is -0.503. The van der Waals surface area contributed by atoms with E-state index in [1.54, 1.807) is 0 Å². The SMILES string of the molecule is CC(C)CN1CCCC12CN([C@@H](CO)C(N)=O)C2. The van der Waals surface area contributed by atoms with Gasteiger partial charge in [0.2, 0.25) is 5.91 Å². The molecule has 2 heterocycles. The van der Waals surface area contributed by atoms with E-state index in [1.807, 2.05) is 4.90 Å². The Bertz CT molecular complexity index is 313. The van der Waals surface area contributed by atoms with Crippen molar-refractivity contribution in [2.24, 2.45) is 11.7 Å². The normalized spacial score (nSPS) is 25.6. The van der Waals surface area contributed by atoms with Gasteiger partial charge in [0.25, 0.3) is 0 Å². The van der Waals surface area contributed by atoms with Crippen molar-refractivity contribution in [2.75, 3.05) is 32.8 Å². The van der Waals surface area contributed by atoms with Crippen molar-refractivity contribution in [3.8, 4) is 0 Å². The predicted molar refractivity (Wildman–Crippen MR) is 70.0 cm³/mol. The molecule has 2 rings (SSSR count). The number of hydrogen-bond donors (Lipinski definition) is 2. The quantitative estimate of drug-likeness (QED) is 0.704. The zero-order valence-corrected chi connectivity index (χ0v) is 11.4. The summed E-state index contributed by atoms with van der Waals surface area (Å²) in [6.07, 6.45) is 2.44. The number of primary amides is 1. The highest BCUT2D eigenvalue weighted by atomic mass is 16.3. The molecule has 0 bridgehead atoms. The first-order valence-electron chi connectivity index (χ1n) is 6.88. The van der Waals surface area contributed by atoms with E-state index in [2.05, 4.69) is 18.7 Å². The van der Waals surface area contributed by atoms with E-state index >= 15 is 0 Å². The fraction of sp³-hybridized carbons (Fsp3) is 0.923. The summed E-state index contributed by atoms with van der Waals surface area (Å²) in [5.74, 6) is 0.250. The summed E-state index contributed by atoms with van der Waals surface area (Å²) < 4.78 is 0. The zero-order chi connectivity index (χ0) is 13.3. The molecule has 0 unspecified atom stereocenters.